The highest BCUT2D eigenvalue weighted by Gasteiger charge is 2.27. The minimum atomic E-state index is -4.37. The van der Waals surface area contributed by atoms with Gasteiger partial charge in [-0.3, -0.25) is 4.79 Å². The van der Waals surface area contributed by atoms with Gasteiger partial charge in [-0.15, -0.1) is 0 Å². The molecule has 1 aromatic rings. The van der Waals surface area contributed by atoms with Gasteiger partial charge in [0, 0.05) is 6.20 Å². The lowest BCUT2D eigenvalue weighted by molar-refractivity contribution is -0.177. The Morgan fingerprint density at radius 3 is 2.80 bits per heavy atom. The lowest BCUT2D eigenvalue weighted by Crippen LogP contribution is -2.17. The van der Waals surface area contributed by atoms with E-state index in [0.717, 1.165) is 0 Å². The maximum Gasteiger partial charge on any atom is 0.411 e. The van der Waals surface area contributed by atoms with E-state index < -0.39 is 12.8 Å². The van der Waals surface area contributed by atoms with Crippen LogP contribution in [0.25, 0.3) is 0 Å². The Morgan fingerprint density at radius 1 is 1.47 bits per heavy atom. The third kappa shape index (κ3) is 4.50. The van der Waals surface area contributed by atoms with E-state index in [4.69, 9.17) is 0 Å². The zero-order chi connectivity index (χ0) is 11.3. The molecule has 0 bridgehead atoms. The number of hydrogen-bond acceptors (Lipinski definition) is 4. The summed E-state index contributed by atoms with van der Waals surface area (Å²) in [4.78, 5) is 17.6. The van der Waals surface area contributed by atoms with Gasteiger partial charge in [-0.25, -0.2) is 9.97 Å². The second-order valence-corrected chi connectivity index (χ2v) is 2.62. The van der Waals surface area contributed by atoms with Crippen molar-refractivity contribution in [3.05, 3.63) is 23.8 Å². The van der Waals surface area contributed by atoms with E-state index in [9.17, 15) is 18.0 Å². The number of ether oxygens (including phenoxy) is 1. The molecule has 0 radical (unpaired) electrons. The summed E-state index contributed by atoms with van der Waals surface area (Å²) in [5.41, 5.74) is 0.107. The fourth-order valence-corrected chi connectivity index (χ4v) is 0.808. The molecule has 0 aliphatic rings. The molecule has 0 unspecified atom stereocenters. The first-order chi connectivity index (χ1) is 7.01. The maximum absolute atomic E-state index is 11.7. The summed E-state index contributed by atoms with van der Waals surface area (Å²) < 4.78 is 39.4. The van der Waals surface area contributed by atoms with Crippen LogP contribution in [0.5, 0.6) is 0 Å². The van der Waals surface area contributed by atoms with Crippen molar-refractivity contribution < 1.29 is 22.7 Å². The van der Waals surface area contributed by atoms with Crippen LogP contribution in [0.15, 0.2) is 12.3 Å². The fourth-order valence-electron chi connectivity index (χ4n) is 0.808. The zero-order valence-electron chi connectivity index (χ0n) is 7.49. The molecular formula is C8H7F3N2O2. The van der Waals surface area contributed by atoms with Gasteiger partial charge >= 0.3 is 6.18 Å². The predicted octanol–water partition coefficient (Wildman–Crippen LogP) is 1.37. The average Bonchev–Trinajstić information content (AvgIpc) is 2.16. The molecule has 0 saturated carbocycles. The summed E-state index contributed by atoms with van der Waals surface area (Å²) in [7, 11) is 0. The van der Waals surface area contributed by atoms with E-state index in [0.29, 0.717) is 6.29 Å². The van der Waals surface area contributed by atoms with Crippen LogP contribution in [-0.4, -0.2) is 29.0 Å². The van der Waals surface area contributed by atoms with Gasteiger partial charge in [-0.1, -0.05) is 0 Å². The quantitative estimate of drug-likeness (QED) is 0.719. The Morgan fingerprint density at radius 2 is 2.20 bits per heavy atom. The van der Waals surface area contributed by atoms with E-state index in [1.807, 2.05) is 0 Å². The summed E-state index contributed by atoms with van der Waals surface area (Å²) >= 11 is 0. The minimum Gasteiger partial charge on any atom is -0.364 e. The first kappa shape index (κ1) is 11.6. The van der Waals surface area contributed by atoms with Crippen molar-refractivity contribution in [2.75, 3.05) is 6.61 Å². The van der Waals surface area contributed by atoms with Gasteiger partial charge < -0.3 is 4.74 Å². The molecule has 1 aromatic heterocycles. The van der Waals surface area contributed by atoms with Crippen LogP contribution in [0.1, 0.15) is 16.3 Å². The molecule has 0 aliphatic heterocycles. The Balaban J connectivity index is 2.47. The summed E-state index contributed by atoms with van der Waals surface area (Å²) in [6.45, 7) is -1.73. The molecule has 4 nitrogen and oxygen atoms in total. The molecule has 0 fully saturated rings. The lowest BCUT2D eigenvalue weighted by atomic mass is 10.4. The van der Waals surface area contributed by atoms with Gasteiger partial charge in [0.25, 0.3) is 0 Å². The van der Waals surface area contributed by atoms with E-state index in [1.165, 1.54) is 12.3 Å². The summed E-state index contributed by atoms with van der Waals surface area (Å²) in [6.07, 6.45) is -2.61. The fraction of sp³-hybridized carbons (Fsp3) is 0.375. The van der Waals surface area contributed by atoms with E-state index in [-0.39, 0.29) is 18.1 Å². The van der Waals surface area contributed by atoms with Gasteiger partial charge in [0.1, 0.15) is 18.9 Å². The topological polar surface area (TPSA) is 52.1 Å². The number of halogens is 3. The van der Waals surface area contributed by atoms with Gasteiger partial charge in [0.15, 0.2) is 12.1 Å². The Hall–Kier alpha value is -1.50. The molecule has 0 spiro atoms. The molecule has 0 saturated heterocycles. The second kappa shape index (κ2) is 4.83. The molecule has 0 atom stereocenters. The smallest absolute Gasteiger partial charge is 0.364 e. The van der Waals surface area contributed by atoms with Gasteiger partial charge in [0.2, 0.25) is 0 Å². The molecule has 7 heteroatoms. The number of alkyl halides is 3. The van der Waals surface area contributed by atoms with Crippen LogP contribution in [0.2, 0.25) is 0 Å². The molecule has 1 rings (SSSR count). The number of aldehydes is 1. The second-order valence-electron chi connectivity index (χ2n) is 2.62. The molecule has 82 valence electrons. The zero-order valence-corrected chi connectivity index (χ0v) is 7.49. The SMILES string of the molecule is O=Cc1ccnc(COCC(F)(F)F)n1. The van der Waals surface area contributed by atoms with Crippen molar-refractivity contribution in [3.63, 3.8) is 0 Å². The molecule has 0 aromatic carbocycles. The predicted molar refractivity (Wildman–Crippen MR) is 43.1 cm³/mol. The van der Waals surface area contributed by atoms with Crippen molar-refractivity contribution in [1.29, 1.82) is 0 Å². The van der Waals surface area contributed by atoms with Crippen LogP contribution < -0.4 is 0 Å². The lowest BCUT2D eigenvalue weighted by Gasteiger charge is -2.06. The molecule has 0 amide bonds. The highest BCUT2D eigenvalue weighted by Crippen LogP contribution is 2.14. The number of hydrogen-bond donors (Lipinski definition) is 0. The molecule has 0 aliphatic carbocycles. The molecule has 15 heavy (non-hydrogen) atoms. The van der Waals surface area contributed by atoms with Gasteiger partial charge in [0.05, 0.1) is 0 Å². The third-order valence-corrected chi connectivity index (χ3v) is 1.34. The summed E-state index contributed by atoms with van der Waals surface area (Å²) in [5, 5.41) is 0. The Bertz CT molecular complexity index is 341. The number of rotatable bonds is 4. The van der Waals surface area contributed by atoms with Crippen LogP contribution in [0, 0.1) is 0 Å². The molecule has 1 heterocycles. The van der Waals surface area contributed by atoms with E-state index in [1.54, 1.807) is 0 Å². The van der Waals surface area contributed by atoms with Crippen LogP contribution in [0.3, 0.4) is 0 Å². The molecular weight excluding hydrogens is 213 g/mol. The van der Waals surface area contributed by atoms with Crippen molar-refractivity contribution in [3.8, 4) is 0 Å². The average molecular weight is 220 g/mol. The normalized spacial score (nSPS) is 11.4. The van der Waals surface area contributed by atoms with Crippen molar-refractivity contribution in [1.82, 2.24) is 9.97 Å². The number of nitrogens with zero attached hydrogens (tertiary/aromatic N) is 2. The third-order valence-electron chi connectivity index (χ3n) is 1.34. The summed E-state index contributed by atoms with van der Waals surface area (Å²) in [5.74, 6) is 0.0452. The number of carbonyl (C=O) groups excluding carboxylic acids is 1. The highest BCUT2D eigenvalue weighted by atomic mass is 19.4. The van der Waals surface area contributed by atoms with Crippen LogP contribution in [-0.2, 0) is 11.3 Å². The molecule has 0 N–H and O–H groups in total. The first-order valence-electron chi connectivity index (χ1n) is 3.93. The van der Waals surface area contributed by atoms with E-state index in [2.05, 4.69) is 14.7 Å². The number of aromatic nitrogens is 2. The largest absolute Gasteiger partial charge is 0.411 e. The van der Waals surface area contributed by atoms with Gasteiger partial charge in [-0.05, 0) is 6.07 Å². The van der Waals surface area contributed by atoms with Crippen molar-refractivity contribution in [2.45, 2.75) is 12.8 Å². The van der Waals surface area contributed by atoms with Crippen molar-refractivity contribution >= 4 is 6.29 Å². The monoisotopic (exact) mass is 220 g/mol. The van der Waals surface area contributed by atoms with Gasteiger partial charge in [-0.2, -0.15) is 13.2 Å². The Kier molecular flexibility index (Phi) is 3.73. The first-order valence-corrected chi connectivity index (χ1v) is 3.93. The summed E-state index contributed by atoms with van der Waals surface area (Å²) in [6, 6.07) is 1.35. The number of carbonyl (C=O) groups is 1. The Labute approximate surface area is 83.1 Å². The van der Waals surface area contributed by atoms with Crippen LogP contribution in [0.4, 0.5) is 13.2 Å². The minimum absolute atomic E-state index is 0.0452. The standard InChI is InChI=1S/C8H7F3N2O2/c9-8(10,11)5-15-4-7-12-2-1-6(3-14)13-7/h1-3H,4-5H2. The van der Waals surface area contributed by atoms with Crippen LogP contribution >= 0.6 is 0 Å². The highest BCUT2D eigenvalue weighted by molar-refractivity contribution is 5.71. The van der Waals surface area contributed by atoms with Crippen molar-refractivity contribution in [2.24, 2.45) is 0 Å². The maximum atomic E-state index is 11.7. The van der Waals surface area contributed by atoms with E-state index >= 15 is 0 Å².